The number of aromatic nitrogens is 1. The zero-order valence-corrected chi connectivity index (χ0v) is 11.2. The average molecular weight is 285 g/mol. The summed E-state index contributed by atoms with van der Waals surface area (Å²) in [5.74, 6) is -0.307. The Balaban J connectivity index is 2.26. The molecule has 0 saturated heterocycles. The molecule has 0 aliphatic heterocycles. The van der Waals surface area contributed by atoms with E-state index in [1.807, 2.05) is 12.1 Å². The van der Waals surface area contributed by atoms with Crippen molar-refractivity contribution < 1.29 is 4.39 Å². The van der Waals surface area contributed by atoms with Crippen molar-refractivity contribution in [3.05, 3.63) is 58.9 Å². The summed E-state index contributed by atoms with van der Waals surface area (Å²) in [5.41, 5.74) is 3.39. The highest BCUT2D eigenvalue weighted by molar-refractivity contribution is 6.30. The molecule has 3 aromatic rings. The average Bonchev–Trinajstić information content (AvgIpc) is 2.79. The van der Waals surface area contributed by atoms with Gasteiger partial charge < -0.3 is 4.98 Å². The topological polar surface area (TPSA) is 39.6 Å². The molecule has 0 aliphatic rings. The maximum atomic E-state index is 13.4. The highest BCUT2D eigenvalue weighted by Crippen LogP contribution is 2.31. The van der Waals surface area contributed by atoms with Crippen LogP contribution in [0, 0.1) is 17.1 Å². The third-order valence-corrected chi connectivity index (χ3v) is 3.51. The van der Waals surface area contributed by atoms with Gasteiger partial charge in [0.05, 0.1) is 18.2 Å². The van der Waals surface area contributed by atoms with E-state index in [9.17, 15) is 4.39 Å². The van der Waals surface area contributed by atoms with E-state index in [0.717, 1.165) is 27.7 Å². The predicted octanol–water partition coefficient (Wildman–Crippen LogP) is 4.69. The molecular weight excluding hydrogens is 275 g/mol. The number of aromatic amines is 1. The second kappa shape index (κ2) is 4.99. The summed E-state index contributed by atoms with van der Waals surface area (Å²) in [6.45, 7) is 0. The van der Waals surface area contributed by atoms with Crippen LogP contribution in [0.1, 0.15) is 5.56 Å². The molecule has 4 heteroatoms. The lowest BCUT2D eigenvalue weighted by molar-refractivity contribution is 0.629. The van der Waals surface area contributed by atoms with Crippen LogP contribution >= 0.6 is 11.6 Å². The van der Waals surface area contributed by atoms with Gasteiger partial charge >= 0.3 is 0 Å². The Hall–Kier alpha value is -2.31. The predicted molar refractivity (Wildman–Crippen MR) is 78.0 cm³/mol. The molecule has 1 heterocycles. The smallest absolute Gasteiger partial charge is 0.123 e. The normalized spacial score (nSPS) is 10.7. The number of halogens is 2. The van der Waals surface area contributed by atoms with Gasteiger partial charge in [-0.25, -0.2) is 4.39 Å². The molecule has 0 unspecified atom stereocenters. The first-order valence-electron chi connectivity index (χ1n) is 6.12. The Morgan fingerprint density at radius 3 is 2.60 bits per heavy atom. The number of hydrogen-bond acceptors (Lipinski definition) is 1. The van der Waals surface area contributed by atoms with E-state index in [-0.39, 0.29) is 12.2 Å². The van der Waals surface area contributed by atoms with Crippen LogP contribution in [-0.4, -0.2) is 4.98 Å². The van der Waals surface area contributed by atoms with Crippen molar-refractivity contribution in [3.8, 4) is 17.3 Å². The fourth-order valence-electron chi connectivity index (χ4n) is 2.35. The van der Waals surface area contributed by atoms with Crippen molar-refractivity contribution in [1.82, 2.24) is 4.98 Å². The second-order valence-corrected chi connectivity index (χ2v) is 4.95. The summed E-state index contributed by atoms with van der Waals surface area (Å²) in [5, 5.41) is 10.4. The van der Waals surface area contributed by atoms with Crippen LogP contribution in [0.4, 0.5) is 4.39 Å². The van der Waals surface area contributed by atoms with Gasteiger partial charge in [-0.1, -0.05) is 23.7 Å². The van der Waals surface area contributed by atoms with Crippen LogP contribution < -0.4 is 0 Å². The molecule has 20 heavy (non-hydrogen) atoms. The molecular formula is C16H10ClFN2. The van der Waals surface area contributed by atoms with Crippen LogP contribution in [-0.2, 0) is 6.42 Å². The lowest BCUT2D eigenvalue weighted by Crippen LogP contribution is -1.85. The number of rotatable bonds is 2. The second-order valence-electron chi connectivity index (χ2n) is 4.51. The largest absolute Gasteiger partial charge is 0.354 e. The van der Waals surface area contributed by atoms with Crippen molar-refractivity contribution in [2.24, 2.45) is 0 Å². The Kier molecular flexibility index (Phi) is 3.17. The Labute approximate surface area is 120 Å². The number of hydrogen-bond donors (Lipinski definition) is 1. The maximum absolute atomic E-state index is 13.4. The number of nitriles is 1. The zero-order chi connectivity index (χ0) is 14.1. The van der Waals surface area contributed by atoms with Gasteiger partial charge in [-0.3, -0.25) is 0 Å². The van der Waals surface area contributed by atoms with Gasteiger partial charge in [0.2, 0.25) is 0 Å². The summed E-state index contributed by atoms with van der Waals surface area (Å²) in [6, 6.07) is 14.0. The molecule has 0 radical (unpaired) electrons. The molecule has 1 aromatic heterocycles. The molecule has 0 atom stereocenters. The maximum Gasteiger partial charge on any atom is 0.123 e. The Morgan fingerprint density at radius 2 is 1.90 bits per heavy atom. The lowest BCUT2D eigenvalue weighted by atomic mass is 10.0. The van der Waals surface area contributed by atoms with Crippen LogP contribution in [0.3, 0.4) is 0 Å². The molecule has 98 valence electrons. The summed E-state index contributed by atoms with van der Waals surface area (Å²) < 4.78 is 13.4. The van der Waals surface area contributed by atoms with Gasteiger partial charge in [0.1, 0.15) is 5.82 Å². The van der Waals surface area contributed by atoms with E-state index in [4.69, 9.17) is 16.9 Å². The minimum atomic E-state index is -0.307. The first-order valence-corrected chi connectivity index (χ1v) is 6.50. The van der Waals surface area contributed by atoms with Crippen LogP contribution in [0.25, 0.3) is 22.2 Å². The summed E-state index contributed by atoms with van der Waals surface area (Å²) in [6.07, 6.45) is 0.224. The van der Waals surface area contributed by atoms with Crippen molar-refractivity contribution in [2.75, 3.05) is 0 Å². The quantitative estimate of drug-likeness (QED) is 0.728. The molecule has 0 bridgehead atoms. The third-order valence-electron chi connectivity index (χ3n) is 3.26. The Morgan fingerprint density at radius 1 is 1.15 bits per heavy atom. The number of H-pyrrole nitrogens is 1. The third kappa shape index (κ3) is 2.15. The monoisotopic (exact) mass is 284 g/mol. The van der Waals surface area contributed by atoms with Crippen molar-refractivity contribution in [3.63, 3.8) is 0 Å². The Bertz CT molecular complexity index is 813. The lowest BCUT2D eigenvalue weighted by Gasteiger charge is -2.02. The number of benzene rings is 2. The zero-order valence-electron chi connectivity index (χ0n) is 10.5. The highest BCUT2D eigenvalue weighted by atomic mass is 35.5. The first-order chi connectivity index (χ1) is 9.69. The van der Waals surface area contributed by atoms with Crippen LogP contribution in [0.5, 0.6) is 0 Å². The van der Waals surface area contributed by atoms with Gasteiger partial charge in [0.25, 0.3) is 0 Å². The van der Waals surface area contributed by atoms with Crippen LogP contribution in [0.15, 0.2) is 42.5 Å². The molecule has 3 rings (SSSR count). The molecule has 0 fully saturated rings. The molecule has 0 saturated carbocycles. The summed E-state index contributed by atoms with van der Waals surface area (Å²) in [7, 11) is 0. The van der Waals surface area contributed by atoms with Gasteiger partial charge in [0.15, 0.2) is 0 Å². The van der Waals surface area contributed by atoms with Crippen molar-refractivity contribution in [1.29, 1.82) is 5.26 Å². The SMILES string of the molecule is N#CCc1c(-c2ccc(Cl)cc2)[nH]c2ccc(F)cc12. The van der Waals surface area contributed by atoms with Gasteiger partial charge in [-0.2, -0.15) is 5.26 Å². The molecule has 0 aliphatic carbocycles. The standard InChI is InChI=1S/C16H10ClFN2/c17-11-3-1-10(2-4-11)16-13(7-8-19)14-9-12(18)5-6-15(14)20-16/h1-6,9,20H,7H2. The summed E-state index contributed by atoms with van der Waals surface area (Å²) >= 11 is 5.89. The van der Waals surface area contributed by atoms with E-state index in [0.29, 0.717) is 5.02 Å². The molecule has 2 nitrogen and oxygen atoms in total. The van der Waals surface area contributed by atoms with Gasteiger partial charge in [-0.15, -0.1) is 0 Å². The molecule has 2 aromatic carbocycles. The van der Waals surface area contributed by atoms with Crippen LogP contribution in [0.2, 0.25) is 5.02 Å². The van der Waals surface area contributed by atoms with E-state index in [2.05, 4.69) is 11.1 Å². The van der Waals surface area contributed by atoms with E-state index < -0.39 is 0 Å². The van der Waals surface area contributed by atoms with Gasteiger partial charge in [0, 0.05) is 15.9 Å². The minimum Gasteiger partial charge on any atom is -0.354 e. The number of nitrogens with one attached hydrogen (secondary N) is 1. The van der Waals surface area contributed by atoms with E-state index in [1.54, 1.807) is 18.2 Å². The fraction of sp³-hybridized carbons (Fsp3) is 0.0625. The van der Waals surface area contributed by atoms with Gasteiger partial charge in [-0.05, 0) is 41.5 Å². The molecule has 1 N–H and O–H groups in total. The number of fused-ring (bicyclic) bond motifs is 1. The van der Waals surface area contributed by atoms with Crippen molar-refractivity contribution >= 4 is 22.5 Å². The van der Waals surface area contributed by atoms with E-state index >= 15 is 0 Å². The molecule has 0 spiro atoms. The minimum absolute atomic E-state index is 0.224. The first kappa shape index (κ1) is 12.7. The molecule has 0 amide bonds. The van der Waals surface area contributed by atoms with Crippen molar-refractivity contribution in [2.45, 2.75) is 6.42 Å². The van der Waals surface area contributed by atoms with E-state index in [1.165, 1.54) is 12.1 Å². The summed E-state index contributed by atoms with van der Waals surface area (Å²) in [4.78, 5) is 3.25. The fourth-order valence-corrected chi connectivity index (χ4v) is 2.47. The highest BCUT2D eigenvalue weighted by Gasteiger charge is 2.13. The number of nitrogens with zero attached hydrogens (tertiary/aromatic N) is 1.